The van der Waals surface area contributed by atoms with Crippen LogP contribution in [0.5, 0.6) is 11.5 Å². The first-order chi connectivity index (χ1) is 7.58. The SMILES string of the molecule is CC(O)Cc1ccc2c(CC(C)O)c1OO2. The largest absolute Gasteiger partial charge is 0.393 e. The molecule has 0 saturated heterocycles. The first kappa shape index (κ1) is 11.2. The predicted octanol–water partition coefficient (Wildman–Crippen LogP) is 1.22. The summed E-state index contributed by atoms with van der Waals surface area (Å²) in [4.78, 5) is 10.2. The van der Waals surface area contributed by atoms with E-state index in [1.807, 2.05) is 12.1 Å². The van der Waals surface area contributed by atoms with Gasteiger partial charge in [0.2, 0.25) is 0 Å². The van der Waals surface area contributed by atoms with Crippen LogP contribution in [0, 0.1) is 0 Å². The number of hydrogen-bond acceptors (Lipinski definition) is 4. The molecule has 1 aromatic rings. The molecule has 2 atom stereocenters. The minimum atomic E-state index is -0.440. The summed E-state index contributed by atoms with van der Waals surface area (Å²) in [7, 11) is 0. The van der Waals surface area contributed by atoms with Gasteiger partial charge < -0.3 is 10.2 Å². The van der Waals surface area contributed by atoms with E-state index in [4.69, 9.17) is 9.78 Å². The van der Waals surface area contributed by atoms with E-state index >= 15 is 0 Å². The van der Waals surface area contributed by atoms with Crippen molar-refractivity contribution in [1.82, 2.24) is 0 Å². The summed E-state index contributed by atoms with van der Waals surface area (Å²) in [5, 5.41) is 18.8. The van der Waals surface area contributed by atoms with Gasteiger partial charge in [0.05, 0.1) is 12.2 Å². The standard InChI is InChI=1S/C12H16O4/c1-7(13)5-9-3-4-11-10(6-8(2)14)12(9)16-15-11/h3-4,7-8,13-14H,5-6H2,1-2H3. The maximum Gasteiger partial charge on any atom is 0.189 e. The molecule has 0 fully saturated rings. The van der Waals surface area contributed by atoms with E-state index < -0.39 is 12.2 Å². The Morgan fingerprint density at radius 2 is 1.75 bits per heavy atom. The number of aliphatic hydroxyl groups is 2. The molecule has 16 heavy (non-hydrogen) atoms. The van der Waals surface area contributed by atoms with E-state index in [0.717, 1.165) is 11.1 Å². The van der Waals surface area contributed by atoms with Crippen LogP contribution in [0.4, 0.5) is 0 Å². The third-order valence-electron chi connectivity index (χ3n) is 2.53. The Hall–Kier alpha value is -1.26. The van der Waals surface area contributed by atoms with Gasteiger partial charge in [-0.3, -0.25) is 9.78 Å². The van der Waals surface area contributed by atoms with Crippen molar-refractivity contribution in [1.29, 1.82) is 0 Å². The lowest BCUT2D eigenvalue weighted by Crippen LogP contribution is -2.07. The van der Waals surface area contributed by atoms with Gasteiger partial charge in [0.25, 0.3) is 0 Å². The van der Waals surface area contributed by atoms with Gasteiger partial charge in [-0.1, -0.05) is 6.07 Å². The van der Waals surface area contributed by atoms with Gasteiger partial charge in [0.15, 0.2) is 11.5 Å². The summed E-state index contributed by atoms with van der Waals surface area (Å²) >= 11 is 0. The molecule has 2 rings (SSSR count). The smallest absolute Gasteiger partial charge is 0.189 e. The van der Waals surface area contributed by atoms with Crippen molar-refractivity contribution in [3.63, 3.8) is 0 Å². The highest BCUT2D eigenvalue weighted by Crippen LogP contribution is 2.39. The monoisotopic (exact) mass is 224 g/mol. The molecule has 0 saturated carbocycles. The Labute approximate surface area is 94.4 Å². The van der Waals surface area contributed by atoms with Crippen molar-refractivity contribution in [2.45, 2.75) is 38.9 Å². The number of rotatable bonds is 4. The summed E-state index contributed by atoms with van der Waals surface area (Å²) in [5.74, 6) is 1.31. The Balaban J connectivity index is 2.31. The van der Waals surface area contributed by atoms with Gasteiger partial charge in [-0.25, -0.2) is 0 Å². The second kappa shape index (κ2) is 4.31. The van der Waals surface area contributed by atoms with Gasteiger partial charge in [-0.2, -0.15) is 0 Å². The Kier molecular flexibility index (Phi) is 3.03. The van der Waals surface area contributed by atoms with Crippen LogP contribution in [-0.2, 0) is 12.8 Å². The highest BCUT2D eigenvalue weighted by atomic mass is 17.2. The van der Waals surface area contributed by atoms with Crippen molar-refractivity contribution < 1.29 is 20.0 Å². The molecular formula is C12H16O4. The lowest BCUT2D eigenvalue weighted by molar-refractivity contribution is -0.0855. The fourth-order valence-corrected chi connectivity index (χ4v) is 1.89. The quantitative estimate of drug-likeness (QED) is 0.755. The third-order valence-corrected chi connectivity index (χ3v) is 2.53. The van der Waals surface area contributed by atoms with Crippen LogP contribution < -0.4 is 9.78 Å². The van der Waals surface area contributed by atoms with Gasteiger partial charge in [0, 0.05) is 24.0 Å². The van der Waals surface area contributed by atoms with Crippen molar-refractivity contribution >= 4 is 0 Å². The molecule has 0 aliphatic carbocycles. The Morgan fingerprint density at radius 1 is 1.06 bits per heavy atom. The van der Waals surface area contributed by atoms with Crippen LogP contribution in [0.25, 0.3) is 0 Å². The maximum absolute atomic E-state index is 9.39. The predicted molar refractivity (Wildman–Crippen MR) is 58.5 cm³/mol. The molecule has 2 N–H and O–H groups in total. The molecule has 0 aromatic heterocycles. The molecular weight excluding hydrogens is 208 g/mol. The normalized spacial score (nSPS) is 16.5. The van der Waals surface area contributed by atoms with E-state index in [2.05, 4.69) is 0 Å². The van der Waals surface area contributed by atoms with Crippen LogP contribution in [0.2, 0.25) is 0 Å². The average molecular weight is 224 g/mol. The summed E-state index contributed by atoms with van der Waals surface area (Å²) in [6.07, 6.45) is 0.152. The molecule has 88 valence electrons. The van der Waals surface area contributed by atoms with Crippen LogP contribution in [0.1, 0.15) is 25.0 Å². The minimum Gasteiger partial charge on any atom is -0.393 e. The number of hydrogen-bond donors (Lipinski definition) is 2. The summed E-state index contributed by atoms with van der Waals surface area (Å²) < 4.78 is 0. The van der Waals surface area contributed by atoms with Crippen LogP contribution in [0.15, 0.2) is 12.1 Å². The molecule has 4 nitrogen and oxygen atoms in total. The van der Waals surface area contributed by atoms with E-state index in [1.165, 1.54) is 0 Å². The van der Waals surface area contributed by atoms with Crippen LogP contribution in [-0.4, -0.2) is 22.4 Å². The van der Waals surface area contributed by atoms with Crippen molar-refractivity contribution in [2.75, 3.05) is 0 Å². The molecule has 0 spiro atoms. The van der Waals surface area contributed by atoms with Crippen LogP contribution in [0.3, 0.4) is 0 Å². The van der Waals surface area contributed by atoms with Crippen molar-refractivity contribution in [2.24, 2.45) is 0 Å². The highest BCUT2D eigenvalue weighted by Gasteiger charge is 2.25. The van der Waals surface area contributed by atoms with E-state index in [0.29, 0.717) is 24.3 Å². The van der Waals surface area contributed by atoms with Gasteiger partial charge in [-0.15, -0.1) is 0 Å². The molecule has 1 aliphatic heterocycles. The molecule has 2 unspecified atom stereocenters. The topological polar surface area (TPSA) is 58.9 Å². The minimum absolute atomic E-state index is 0.425. The number of benzene rings is 1. The second-order valence-corrected chi connectivity index (χ2v) is 4.30. The average Bonchev–Trinajstić information content (AvgIpc) is 2.41. The molecule has 0 radical (unpaired) electrons. The van der Waals surface area contributed by atoms with Gasteiger partial charge >= 0.3 is 0 Å². The lowest BCUT2D eigenvalue weighted by Gasteiger charge is -2.08. The lowest BCUT2D eigenvalue weighted by atomic mass is 10.00. The molecule has 0 amide bonds. The van der Waals surface area contributed by atoms with E-state index in [-0.39, 0.29) is 0 Å². The van der Waals surface area contributed by atoms with E-state index in [1.54, 1.807) is 13.8 Å². The summed E-state index contributed by atoms with van der Waals surface area (Å²) in [6, 6.07) is 3.70. The summed E-state index contributed by atoms with van der Waals surface area (Å²) in [6.45, 7) is 3.45. The fourth-order valence-electron chi connectivity index (χ4n) is 1.89. The maximum atomic E-state index is 9.39. The van der Waals surface area contributed by atoms with Gasteiger partial charge in [-0.05, 0) is 19.9 Å². The zero-order chi connectivity index (χ0) is 11.7. The third kappa shape index (κ3) is 2.13. The Morgan fingerprint density at radius 3 is 2.38 bits per heavy atom. The fraction of sp³-hybridized carbons (Fsp3) is 0.500. The van der Waals surface area contributed by atoms with Gasteiger partial charge in [0.1, 0.15) is 0 Å². The molecule has 2 bridgehead atoms. The van der Waals surface area contributed by atoms with E-state index in [9.17, 15) is 10.2 Å². The molecule has 1 aromatic carbocycles. The summed E-state index contributed by atoms with van der Waals surface area (Å²) in [5.41, 5.74) is 1.79. The zero-order valence-electron chi connectivity index (χ0n) is 9.43. The zero-order valence-corrected chi connectivity index (χ0v) is 9.43. The Bertz CT molecular complexity index is 385. The number of aliphatic hydroxyl groups excluding tert-OH is 2. The van der Waals surface area contributed by atoms with Crippen LogP contribution >= 0.6 is 0 Å². The first-order valence-electron chi connectivity index (χ1n) is 5.43. The second-order valence-electron chi connectivity index (χ2n) is 4.30. The van der Waals surface area contributed by atoms with Crippen molar-refractivity contribution in [3.8, 4) is 11.5 Å². The molecule has 1 heterocycles. The molecule has 1 aliphatic rings. The van der Waals surface area contributed by atoms with Crippen molar-refractivity contribution in [3.05, 3.63) is 23.3 Å². The highest BCUT2D eigenvalue weighted by molar-refractivity contribution is 5.52. The number of fused-ring (bicyclic) bond motifs is 2. The molecule has 4 heteroatoms. The first-order valence-corrected chi connectivity index (χ1v) is 5.43.